The van der Waals surface area contributed by atoms with Crippen LogP contribution in [0.4, 0.5) is 31.8 Å². The van der Waals surface area contributed by atoms with Gasteiger partial charge in [-0.3, -0.25) is 0 Å². The van der Waals surface area contributed by atoms with Gasteiger partial charge in [0.1, 0.15) is 34.7 Å². The molecule has 0 aliphatic carbocycles. The first-order chi connectivity index (χ1) is 17.9. The highest BCUT2D eigenvalue weighted by Gasteiger charge is 2.29. The average molecular weight is 505 g/mol. The van der Waals surface area contributed by atoms with Crippen molar-refractivity contribution < 1.29 is 18.4 Å². The second-order valence-electron chi connectivity index (χ2n) is 8.03. The molecule has 3 aromatic heterocycles. The minimum atomic E-state index is -2.82. The summed E-state index contributed by atoms with van der Waals surface area (Å²) in [6, 6.07) is 14.0. The van der Waals surface area contributed by atoms with Crippen LogP contribution < -0.4 is 15.4 Å². The Kier molecular flexibility index (Phi) is 6.24. The van der Waals surface area contributed by atoms with Gasteiger partial charge < -0.3 is 25.2 Å². The van der Waals surface area contributed by atoms with Crippen LogP contribution in [0.5, 0.6) is 5.75 Å². The summed E-state index contributed by atoms with van der Waals surface area (Å²) < 4.78 is 32.6. The molecule has 13 heteroatoms. The molecule has 1 atom stereocenters. The molecule has 1 aliphatic rings. The van der Waals surface area contributed by atoms with Crippen molar-refractivity contribution in [3.63, 3.8) is 0 Å². The van der Waals surface area contributed by atoms with Gasteiger partial charge in [-0.1, -0.05) is 18.2 Å². The van der Waals surface area contributed by atoms with E-state index in [-0.39, 0.29) is 22.7 Å². The van der Waals surface area contributed by atoms with Crippen LogP contribution in [-0.4, -0.2) is 45.1 Å². The van der Waals surface area contributed by atoms with E-state index in [2.05, 4.69) is 35.6 Å². The highest BCUT2D eigenvalue weighted by Crippen LogP contribution is 2.40. The van der Waals surface area contributed by atoms with Crippen molar-refractivity contribution in [3.8, 4) is 11.8 Å². The Bertz CT molecular complexity index is 1550. The molecule has 1 unspecified atom stereocenters. The van der Waals surface area contributed by atoms with Gasteiger partial charge in [-0.25, -0.2) is 28.7 Å². The van der Waals surface area contributed by atoms with Crippen molar-refractivity contribution in [3.05, 3.63) is 59.5 Å². The molecule has 0 saturated carbocycles. The van der Waals surface area contributed by atoms with Crippen LogP contribution in [0.15, 0.2) is 47.5 Å². The smallest absolute Gasteiger partial charge is 0.295 e. The molecule has 5 rings (SSSR count). The van der Waals surface area contributed by atoms with Crippen LogP contribution in [-0.2, 0) is 4.84 Å². The number of pyridine rings is 2. The number of nitrogens with zero attached hydrogens (tertiary/aromatic N) is 6. The fraction of sp³-hybridized carbons (Fsp3) is 0.208. The lowest BCUT2D eigenvalue weighted by Crippen LogP contribution is -2.19. The van der Waals surface area contributed by atoms with E-state index in [0.29, 0.717) is 28.8 Å². The summed E-state index contributed by atoms with van der Waals surface area (Å²) in [7, 11) is 3.30. The highest BCUT2D eigenvalue weighted by molar-refractivity contribution is 5.91. The Morgan fingerprint density at radius 2 is 1.92 bits per heavy atom. The number of imidazole rings is 1. The lowest BCUT2D eigenvalue weighted by Gasteiger charge is -2.21. The number of nitriles is 1. The van der Waals surface area contributed by atoms with Gasteiger partial charge in [0.25, 0.3) is 6.43 Å². The number of para-hydroxylation sites is 1. The first kappa shape index (κ1) is 23.9. The van der Waals surface area contributed by atoms with Crippen molar-refractivity contribution in [2.45, 2.75) is 19.5 Å². The summed E-state index contributed by atoms with van der Waals surface area (Å²) in [5.41, 5.74) is 2.27. The maximum absolute atomic E-state index is 13.5. The molecule has 4 heterocycles. The minimum absolute atomic E-state index is 0.0681. The standard InChI is InChI=1S/C24H21F2N9O2/c1-12-28-24(35(2)37-12)14-7-5-8-15(20(14)36-3)30-16-10-18(31-17-9-4-6-13(11-27)29-17)32-22-19(16)33-23(34-22)21(25)26/h4-10,21,24H,1-3H3,(H3,29,30,31,32,33,34). The molecule has 0 radical (unpaired) electrons. The van der Waals surface area contributed by atoms with E-state index >= 15 is 0 Å². The first-order valence-electron chi connectivity index (χ1n) is 11.1. The predicted molar refractivity (Wildman–Crippen MR) is 132 cm³/mol. The minimum Gasteiger partial charge on any atom is -0.494 e. The Morgan fingerprint density at radius 1 is 1.11 bits per heavy atom. The van der Waals surface area contributed by atoms with Crippen molar-refractivity contribution in [1.82, 2.24) is 25.0 Å². The monoisotopic (exact) mass is 505 g/mol. The number of aliphatic imine (C=N–C) groups is 1. The number of alkyl halides is 2. The number of hydroxylamine groups is 2. The van der Waals surface area contributed by atoms with E-state index in [4.69, 9.17) is 14.8 Å². The summed E-state index contributed by atoms with van der Waals surface area (Å²) in [6.45, 7) is 1.76. The normalized spacial score (nSPS) is 15.4. The van der Waals surface area contributed by atoms with Crippen LogP contribution in [0.3, 0.4) is 0 Å². The van der Waals surface area contributed by atoms with E-state index in [9.17, 15) is 8.78 Å². The fourth-order valence-electron chi connectivity index (χ4n) is 4.00. The van der Waals surface area contributed by atoms with Gasteiger partial charge in [0.2, 0.25) is 5.90 Å². The zero-order valence-electron chi connectivity index (χ0n) is 20.0. The van der Waals surface area contributed by atoms with Crippen molar-refractivity contribution in [1.29, 1.82) is 5.26 Å². The Hall–Kier alpha value is -4.83. The van der Waals surface area contributed by atoms with E-state index in [0.717, 1.165) is 5.56 Å². The molecule has 37 heavy (non-hydrogen) atoms. The van der Waals surface area contributed by atoms with Gasteiger partial charge in [0.15, 0.2) is 17.6 Å². The third-order valence-corrected chi connectivity index (χ3v) is 5.53. The molecular weight excluding hydrogens is 484 g/mol. The largest absolute Gasteiger partial charge is 0.494 e. The number of anilines is 4. The SMILES string of the molecule is COc1c(Nc2cc(Nc3cccc(C#N)n3)nc3nc(C(F)F)[nH]c23)cccc1C1N=C(C)ON1C. The van der Waals surface area contributed by atoms with E-state index in [1.165, 1.54) is 7.11 Å². The lowest BCUT2D eigenvalue weighted by molar-refractivity contribution is -0.0587. The number of halogens is 2. The molecule has 0 fully saturated rings. The summed E-state index contributed by atoms with van der Waals surface area (Å²) in [5.74, 6) is 1.15. The van der Waals surface area contributed by atoms with Crippen LogP contribution in [0.2, 0.25) is 0 Å². The summed E-state index contributed by atoms with van der Waals surface area (Å²) in [4.78, 5) is 25.2. The average Bonchev–Trinajstić information content (AvgIpc) is 3.46. The van der Waals surface area contributed by atoms with Gasteiger partial charge in [-0.05, 0) is 18.2 Å². The van der Waals surface area contributed by atoms with Gasteiger partial charge in [0, 0.05) is 25.6 Å². The topological polar surface area (TPSA) is 136 Å². The Balaban J connectivity index is 1.58. The van der Waals surface area contributed by atoms with Gasteiger partial charge in [-0.15, -0.1) is 5.06 Å². The van der Waals surface area contributed by atoms with Gasteiger partial charge >= 0.3 is 0 Å². The number of methoxy groups -OCH3 is 1. The number of rotatable bonds is 7. The van der Waals surface area contributed by atoms with Gasteiger partial charge in [-0.2, -0.15) is 5.26 Å². The zero-order valence-corrected chi connectivity index (χ0v) is 20.0. The number of fused-ring (bicyclic) bond motifs is 1. The van der Waals surface area contributed by atoms with Crippen LogP contribution in [0.25, 0.3) is 11.2 Å². The van der Waals surface area contributed by atoms with E-state index in [1.807, 2.05) is 18.2 Å². The summed E-state index contributed by atoms with van der Waals surface area (Å²) in [5, 5.41) is 17.0. The lowest BCUT2D eigenvalue weighted by atomic mass is 10.1. The second kappa shape index (κ2) is 9.67. The quantitative estimate of drug-likeness (QED) is 0.319. The van der Waals surface area contributed by atoms with Crippen molar-refractivity contribution >= 4 is 40.1 Å². The number of benzene rings is 1. The third-order valence-electron chi connectivity index (χ3n) is 5.53. The fourth-order valence-corrected chi connectivity index (χ4v) is 4.00. The van der Waals surface area contributed by atoms with Crippen LogP contribution in [0.1, 0.15) is 36.6 Å². The number of hydrogen-bond donors (Lipinski definition) is 3. The first-order valence-corrected chi connectivity index (χ1v) is 11.1. The number of ether oxygens (including phenoxy) is 1. The maximum Gasteiger partial charge on any atom is 0.295 e. The van der Waals surface area contributed by atoms with Crippen molar-refractivity contribution in [2.24, 2.45) is 4.99 Å². The molecule has 0 saturated heterocycles. The number of nitrogens with one attached hydrogen (secondary N) is 3. The molecule has 0 amide bonds. The van der Waals surface area contributed by atoms with Crippen molar-refractivity contribution in [2.75, 3.05) is 24.8 Å². The molecule has 0 spiro atoms. The molecule has 4 aromatic rings. The number of hydrogen-bond acceptors (Lipinski definition) is 10. The molecule has 3 N–H and O–H groups in total. The Morgan fingerprint density at radius 3 is 2.62 bits per heavy atom. The zero-order chi connectivity index (χ0) is 26.1. The molecular formula is C24H21F2N9O2. The summed E-state index contributed by atoms with van der Waals surface area (Å²) >= 11 is 0. The van der Waals surface area contributed by atoms with Gasteiger partial charge in [0.05, 0.1) is 18.5 Å². The Labute approximate surface area is 209 Å². The van der Waals surface area contributed by atoms with Crippen LogP contribution in [0, 0.1) is 11.3 Å². The third kappa shape index (κ3) is 4.69. The predicted octanol–water partition coefficient (Wildman–Crippen LogP) is 4.95. The highest BCUT2D eigenvalue weighted by atomic mass is 19.3. The molecule has 11 nitrogen and oxygen atoms in total. The maximum atomic E-state index is 13.5. The summed E-state index contributed by atoms with van der Waals surface area (Å²) in [6.07, 6.45) is -3.24. The van der Waals surface area contributed by atoms with E-state index in [1.54, 1.807) is 49.4 Å². The van der Waals surface area contributed by atoms with E-state index < -0.39 is 18.4 Å². The number of H-pyrrole nitrogens is 1. The number of aromatic nitrogens is 4. The number of aromatic amines is 1. The molecule has 1 aromatic carbocycles. The molecule has 1 aliphatic heterocycles. The van der Waals surface area contributed by atoms with Crippen LogP contribution >= 0.6 is 0 Å². The second-order valence-corrected chi connectivity index (χ2v) is 8.03. The molecule has 0 bridgehead atoms. The molecule has 188 valence electrons.